The second-order valence-electron chi connectivity index (χ2n) is 6.11. The summed E-state index contributed by atoms with van der Waals surface area (Å²) in [6.07, 6.45) is 1.57. The molecule has 1 aliphatic heterocycles. The molecule has 0 radical (unpaired) electrons. The molecule has 0 unspecified atom stereocenters. The average Bonchev–Trinajstić information content (AvgIpc) is 2.55. The van der Waals surface area contributed by atoms with Crippen LogP contribution < -0.4 is 4.74 Å². The lowest BCUT2D eigenvalue weighted by atomic mass is 10.1. The minimum atomic E-state index is 0.0173. The van der Waals surface area contributed by atoms with E-state index in [0.717, 1.165) is 12.2 Å². The minimum absolute atomic E-state index is 0.0173. The quantitative estimate of drug-likeness (QED) is 0.838. The van der Waals surface area contributed by atoms with Gasteiger partial charge >= 0.3 is 0 Å². The van der Waals surface area contributed by atoms with Crippen molar-refractivity contribution >= 4 is 11.8 Å². The Labute approximate surface area is 138 Å². The van der Waals surface area contributed by atoms with E-state index in [-0.39, 0.29) is 17.9 Å². The van der Waals surface area contributed by atoms with Gasteiger partial charge in [0.2, 0.25) is 5.91 Å². The maximum Gasteiger partial charge on any atom is 0.253 e. The van der Waals surface area contributed by atoms with Crippen LogP contribution in [0.1, 0.15) is 44.0 Å². The van der Waals surface area contributed by atoms with Gasteiger partial charge in [-0.3, -0.25) is 9.59 Å². The zero-order chi connectivity index (χ0) is 16.8. The molecular weight excluding hydrogens is 292 g/mol. The van der Waals surface area contributed by atoms with Crippen LogP contribution in [0.25, 0.3) is 0 Å². The third-order valence-electron chi connectivity index (χ3n) is 3.86. The third-order valence-corrected chi connectivity index (χ3v) is 3.86. The van der Waals surface area contributed by atoms with Gasteiger partial charge in [0.25, 0.3) is 5.91 Å². The Hall–Kier alpha value is -2.04. The Morgan fingerprint density at radius 2 is 1.61 bits per heavy atom. The van der Waals surface area contributed by atoms with Gasteiger partial charge in [0.15, 0.2) is 0 Å². The van der Waals surface area contributed by atoms with Crippen LogP contribution in [-0.2, 0) is 4.79 Å². The van der Waals surface area contributed by atoms with Crippen molar-refractivity contribution in [3.63, 3.8) is 0 Å². The molecule has 126 valence electrons. The maximum absolute atomic E-state index is 12.5. The highest BCUT2D eigenvalue weighted by Crippen LogP contribution is 2.16. The van der Waals surface area contributed by atoms with Gasteiger partial charge in [-0.25, -0.2) is 0 Å². The fourth-order valence-corrected chi connectivity index (χ4v) is 2.66. The molecule has 0 aromatic heterocycles. The largest absolute Gasteiger partial charge is 0.491 e. The average molecular weight is 318 g/mol. The van der Waals surface area contributed by atoms with Gasteiger partial charge in [-0.05, 0) is 44.5 Å². The van der Waals surface area contributed by atoms with Gasteiger partial charge in [0.05, 0.1) is 6.10 Å². The summed E-state index contributed by atoms with van der Waals surface area (Å²) in [5, 5.41) is 0. The standard InChI is InChI=1S/C18H26N2O3/c1-4-5-17(21)19-10-12-20(13-11-19)18(22)15-6-8-16(9-7-15)23-14(2)3/h6-9,14H,4-5,10-13H2,1-3H3. The summed E-state index contributed by atoms with van der Waals surface area (Å²) >= 11 is 0. The Kier molecular flexibility index (Phi) is 6.02. The molecule has 1 saturated heterocycles. The molecule has 0 aliphatic carbocycles. The van der Waals surface area contributed by atoms with Crippen LogP contribution in [0.15, 0.2) is 24.3 Å². The highest BCUT2D eigenvalue weighted by atomic mass is 16.5. The van der Waals surface area contributed by atoms with Crippen LogP contribution in [-0.4, -0.2) is 53.9 Å². The van der Waals surface area contributed by atoms with E-state index < -0.39 is 0 Å². The summed E-state index contributed by atoms with van der Waals surface area (Å²) in [4.78, 5) is 28.1. The molecule has 0 bridgehead atoms. The van der Waals surface area contributed by atoms with E-state index in [1.54, 1.807) is 12.1 Å². The van der Waals surface area contributed by atoms with Gasteiger partial charge < -0.3 is 14.5 Å². The van der Waals surface area contributed by atoms with Crippen LogP contribution in [0, 0.1) is 0 Å². The normalized spacial score (nSPS) is 15.0. The number of nitrogens with zero attached hydrogens (tertiary/aromatic N) is 2. The summed E-state index contributed by atoms with van der Waals surface area (Å²) in [6, 6.07) is 7.26. The predicted molar refractivity (Wildman–Crippen MR) is 89.6 cm³/mol. The SMILES string of the molecule is CCCC(=O)N1CCN(C(=O)c2ccc(OC(C)C)cc2)CC1. The monoisotopic (exact) mass is 318 g/mol. The third kappa shape index (κ3) is 4.71. The Bertz CT molecular complexity index is 532. The Balaban J connectivity index is 1.90. The molecule has 2 amide bonds. The molecule has 2 rings (SSSR count). The first-order valence-corrected chi connectivity index (χ1v) is 8.35. The number of piperazine rings is 1. The van der Waals surface area contributed by atoms with Crippen molar-refractivity contribution in [3.05, 3.63) is 29.8 Å². The number of hydrogen-bond acceptors (Lipinski definition) is 3. The van der Waals surface area contributed by atoms with Gasteiger partial charge in [-0.2, -0.15) is 0 Å². The van der Waals surface area contributed by atoms with Gasteiger partial charge in [0, 0.05) is 38.2 Å². The Morgan fingerprint density at radius 1 is 1.04 bits per heavy atom. The van der Waals surface area contributed by atoms with Crippen molar-refractivity contribution in [1.29, 1.82) is 0 Å². The number of carbonyl (C=O) groups is 2. The number of benzene rings is 1. The van der Waals surface area contributed by atoms with Crippen molar-refractivity contribution < 1.29 is 14.3 Å². The zero-order valence-corrected chi connectivity index (χ0v) is 14.2. The van der Waals surface area contributed by atoms with E-state index in [4.69, 9.17) is 4.74 Å². The highest BCUT2D eigenvalue weighted by molar-refractivity contribution is 5.94. The van der Waals surface area contributed by atoms with E-state index in [0.29, 0.717) is 38.2 Å². The van der Waals surface area contributed by atoms with Crippen LogP contribution in [0.3, 0.4) is 0 Å². The topological polar surface area (TPSA) is 49.9 Å². The van der Waals surface area contributed by atoms with Gasteiger partial charge in [-0.15, -0.1) is 0 Å². The smallest absolute Gasteiger partial charge is 0.253 e. The number of ether oxygens (including phenoxy) is 1. The fourth-order valence-electron chi connectivity index (χ4n) is 2.66. The second kappa shape index (κ2) is 7.99. The molecule has 1 fully saturated rings. The fraction of sp³-hybridized carbons (Fsp3) is 0.556. The predicted octanol–water partition coefficient (Wildman–Crippen LogP) is 2.56. The molecule has 23 heavy (non-hydrogen) atoms. The van der Waals surface area contributed by atoms with E-state index >= 15 is 0 Å². The number of hydrogen-bond donors (Lipinski definition) is 0. The molecule has 0 spiro atoms. The summed E-state index contributed by atoms with van der Waals surface area (Å²) < 4.78 is 5.59. The van der Waals surface area contributed by atoms with Crippen LogP contribution in [0.4, 0.5) is 0 Å². The first kappa shape index (κ1) is 17.3. The summed E-state index contributed by atoms with van der Waals surface area (Å²) in [5.74, 6) is 0.977. The molecule has 1 heterocycles. The van der Waals surface area contributed by atoms with Crippen LogP contribution >= 0.6 is 0 Å². The van der Waals surface area contributed by atoms with Crippen molar-refractivity contribution in [1.82, 2.24) is 9.80 Å². The zero-order valence-electron chi connectivity index (χ0n) is 14.2. The van der Waals surface area contributed by atoms with Gasteiger partial charge in [-0.1, -0.05) is 6.92 Å². The molecule has 1 aromatic carbocycles. The number of amides is 2. The van der Waals surface area contributed by atoms with E-state index in [1.807, 2.05) is 42.7 Å². The summed E-state index contributed by atoms with van der Waals surface area (Å²) in [5.41, 5.74) is 0.662. The second-order valence-corrected chi connectivity index (χ2v) is 6.11. The first-order chi connectivity index (χ1) is 11.0. The highest BCUT2D eigenvalue weighted by Gasteiger charge is 2.24. The minimum Gasteiger partial charge on any atom is -0.491 e. The molecule has 0 atom stereocenters. The molecule has 5 nitrogen and oxygen atoms in total. The number of carbonyl (C=O) groups excluding carboxylic acids is 2. The maximum atomic E-state index is 12.5. The van der Waals surface area contributed by atoms with E-state index in [2.05, 4.69) is 0 Å². The van der Waals surface area contributed by atoms with Crippen LogP contribution in [0.2, 0.25) is 0 Å². The summed E-state index contributed by atoms with van der Waals surface area (Å²) in [7, 11) is 0. The van der Waals surface area contributed by atoms with Crippen molar-refractivity contribution in [2.24, 2.45) is 0 Å². The lowest BCUT2D eigenvalue weighted by Crippen LogP contribution is -2.50. The molecule has 1 aromatic rings. The molecular formula is C18H26N2O3. The van der Waals surface area contributed by atoms with Crippen molar-refractivity contribution in [2.45, 2.75) is 39.7 Å². The van der Waals surface area contributed by atoms with Crippen LogP contribution in [0.5, 0.6) is 5.75 Å². The lowest BCUT2D eigenvalue weighted by molar-refractivity contribution is -0.132. The van der Waals surface area contributed by atoms with Crippen molar-refractivity contribution in [2.75, 3.05) is 26.2 Å². The number of rotatable bonds is 5. The molecule has 0 N–H and O–H groups in total. The summed E-state index contributed by atoms with van der Waals surface area (Å²) in [6.45, 7) is 8.39. The van der Waals surface area contributed by atoms with E-state index in [9.17, 15) is 9.59 Å². The molecule has 5 heteroatoms. The molecule has 1 aliphatic rings. The Morgan fingerprint density at radius 3 is 2.13 bits per heavy atom. The van der Waals surface area contributed by atoms with Crippen molar-refractivity contribution in [3.8, 4) is 5.75 Å². The van der Waals surface area contributed by atoms with Gasteiger partial charge in [0.1, 0.15) is 5.75 Å². The molecule has 0 saturated carbocycles. The van der Waals surface area contributed by atoms with E-state index in [1.165, 1.54) is 0 Å². The first-order valence-electron chi connectivity index (χ1n) is 8.35. The lowest BCUT2D eigenvalue weighted by Gasteiger charge is -2.34.